The Morgan fingerprint density at radius 3 is 1.97 bits per heavy atom. The summed E-state index contributed by atoms with van der Waals surface area (Å²) in [6.07, 6.45) is 10.0. The van der Waals surface area contributed by atoms with Crippen molar-refractivity contribution >= 4 is 7.63 Å². The van der Waals surface area contributed by atoms with Gasteiger partial charge in [0.05, 0.1) is 0 Å². The molecule has 2 aliphatic carbocycles. The Morgan fingerprint density at radius 2 is 1.47 bits per heavy atom. The van der Waals surface area contributed by atoms with Crippen molar-refractivity contribution in [3.63, 3.8) is 0 Å². The van der Waals surface area contributed by atoms with Crippen molar-refractivity contribution in [2.24, 2.45) is 0 Å². The van der Waals surface area contributed by atoms with E-state index >= 15 is 0 Å². The predicted octanol–water partition coefficient (Wildman–Crippen LogP) is 8.50. The summed E-state index contributed by atoms with van der Waals surface area (Å²) in [6, 6.07) is 15.2. The Labute approximate surface area is 225 Å². The van der Waals surface area contributed by atoms with E-state index in [0.29, 0.717) is 0 Å². The third-order valence-electron chi connectivity index (χ3n) is 6.25. The molecule has 4 rings (SSSR count). The summed E-state index contributed by atoms with van der Waals surface area (Å²) in [5, 5.41) is 0. The molecule has 2 aromatic carbocycles. The van der Waals surface area contributed by atoms with Gasteiger partial charge in [-0.15, -0.1) is 17.5 Å². The van der Waals surface area contributed by atoms with Gasteiger partial charge in [-0.25, -0.2) is 5.57 Å². The van der Waals surface area contributed by atoms with Crippen molar-refractivity contribution < 1.29 is 19.2 Å². The summed E-state index contributed by atoms with van der Waals surface area (Å²) in [4.78, 5) is 0. The maximum absolute atomic E-state index is 3.67. The van der Waals surface area contributed by atoms with Gasteiger partial charge >= 0.3 is 26.8 Å². The molecule has 0 saturated carbocycles. The van der Waals surface area contributed by atoms with Crippen LogP contribution in [0.25, 0.3) is 11.1 Å². The standard InChI is InChI=1S/C21H25.C9H13.2CH3.H2Si.Ti/c1-20(2,3)16-7-9-18-14(12-16)11-15-13-17(21(4,5)6)8-10-19(15)18;1-3-8-6-5-7-9(8)4-2;;;;/h7-10,12H,11H2,1-6H3;6H,3-5H2,1-2H3;2*1H3;1H2;/q4*-1;;. The molecular weight excluding hydrogens is 460 g/mol. The van der Waals surface area contributed by atoms with Crippen molar-refractivity contribution in [3.05, 3.63) is 96.8 Å². The molecule has 2 aliphatic rings. The molecule has 0 aromatic heterocycles. The quantitative estimate of drug-likeness (QED) is 0.241. The first-order chi connectivity index (χ1) is 15.0. The molecule has 0 bridgehead atoms. The van der Waals surface area contributed by atoms with Gasteiger partial charge in [0.15, 0.2) is 0 Å². The molecule has 0 radical (unpaired) electrons. The Balaban J connectivity index is 0.000000713. The Morgan fingerprint density at radius 1 is 0.853 bits per heavy atom. The Hall–Kier alpha value is -1.15. The van der Waals surface area contributed by atoms with Crippen LogP contribution in [-0.2, 0) is 36.4 Å². The molecular formula is C32H46SiTi-4. The number of benzene rings is 2. The van der Waals surface area contributed by atoms with E-state index < -0.39 is 0 Å². The van der Waals surface area contributed by atoms with E-state index in [1.165, 1.54) is 50.9 Å². The van der Waals surface area contributed by atoms with Gasteiger partial charge in [-0.2, -0.15) is 35.4 Å². The van der Waals surface area contributed by atoms with E-state index in [1.807, 2.05) is 26.8 Å². The Kier molecular flexibility index (Phi) is 13.3. The number of fused-ring (bicyclic) bond motifs is 3. The van der Waals surface area contributed by atoms with Gasteiger partial charge in [0.25, 0.3) is 0 Å². The molecule has 186 valence electrons. The van der Waals surface area contributed by atoms with Crippen molar-refractivity contribution in [2.45, 2.75) is 91.9 Å². The first kappa shape index (κ1) is 32.9. The van der Waals surface area contributed by atoms with Crippen molar-refractivity contribution in [2.75, 3.05) is 0 Å². The molecule has 0 nitrogen and oxygen atoms in total. The molecule has 34 heavy (non-hydrogen) atoms. The third-order valence-corrected chi connectivity index (χ3v) is 6.25. The minimum absolute atomic E-state index is 0. The van der Waals surface area contributed by atoms with E-state index in [9.17, 15) is 0 Å². The van der Waals surface area contributed by atoms with Gasteiger partial charge in [0, 0.05) is 0 Å². The monoisotopic (exact) mass is 506 g/mol. The van der Waals surface area contributed by atoms with Crippen molar-refractivity contribution in [1.29, 1.82) is 0 Å². The molecule has 2 heteroatoms. The SMILES string of the molecule is CC(C)(C)c1[c-]c2c(cc1)-c1ccc(C(C)(C)C)cc1C2.CCC1=[C-]CC=C1CC.[CH3-].[CH3-].[SiH2]=[Ti]. The second-order valence-electron chi connectivity index (χ2n) is 10.6. The summed E-state index contributed by atoms with van der Waals surface area (Å²) in [5.41, 5.74) is 11.7. The number of hydrogen-bond acceptors (Lipinski definition) is 0. The zero-order valence-electron chi connectivity index (χ0n) is 23.5. The van der Waals surface area contributed by atoms with Gasteiger partial charge in [0.2, 0.25) is 0 Å². The second-order valence-corrected chi connectivity index (χ2v) is 10.6. The van der Waals surface area contributed by atoms with Crippen LogP contribution in [-0.4, -0.2) is 7.63 Å². The molecule has 0 unspecified atom stereocenters. The van der Waals surface area contributed by atoms with Gasteiger partial charge in [-0.3, -0.25) is 6.08 Å². The molecule has 0 spiro atoms. The van der Waals surface area contributed by atoms with Crippen LogP contribution in [0.3, 0.4) is 0 Å². The van der Waals surface area contributed by atoms with Crippen LogP contribution in [0.2, 0.25) is 0 Å². The summed E-state index contributed by atoms with van der Waals surface area (Å²) < 4.78 is 0. The molecule has 2 aromatic rings. The predicted molar refractivity (Wildman–Crippen MR) is 152 cm³/mol. The van der Waals surface area contributed by atoms with Crippen LogP contribution in [0.1, 0.15) is 96.9 Å². The van der Waals surface area contributed by atoms with Crippen molar-refractivity contribution in [3.8, 4) is 11.1 Å². The fraction of sp³-hybridized carbons (Fsp3) is 0.438. The first-order valence-corrected chi connectivity index (χ1v) is 15.9. The maximum atomic E-state index is 3.67. The number of allylic oxidation sites excluding steroid dienone is 4. The van der Waals surface area contributed by atoms with E-state index in [1.54, 1.807) is 0 Å². The average Bonchev–Trinajstić information content (AvgIpc) is 3.37. The fourth-order valence-corrected chi connectivity index (χ4v) is 4.27. The van der Waals surface area contributed by atoms with Crippen LogP contribution in [0.5, 0.6) is 0 Å². The zero-order valence-corrected chi connectivity index (χ0v) is 26.5. The molecule has 0 aliphatic heterocycles. The van der Waals surface area contributed by atoms with Crippen LogP contribution >= 0.6 is 0 Å². The fourth-order valence-electron chi connectivity index (χ4n) is 4.27. The average molecular weight is 507 g/mol. The summed E-state index contributed by atoms with van der Waals surface area (Å²) in [6.45, 7) is 18.0. The van der Waals surface area contributed by atoms with Crippen LogP contribution < -0.4 is 0 Å². The Bertz CT molecular complexity index is 917. The molecule has 0 fully saturated rings. The van der Waals surface area contributed by atoms with Crippen LogP contribution in [0, 0.1) is 27.0 Å². The van der Waals surface area contributed by atoms with Gasteiger partial charge < -0.3 is 14.9 Å². The normalized spacial score (nSPS) is 13.4. The van der Waals surface area contributed by atoms with E-state index in [2.05, 4.69) is 104 Å². The number of rotatable bonds is 2. The molecule has 0 atom stereocenters. The molecule has 0 heterocycles. The van der Waals surface area contributed by atoms with E-state index in [0.717, 1.165) is 19.3 Å². The minimum atomic E-state index is 0. The van der Waals surface area contributed by atoms with E-state index in [4.69, 9.17) is 0 Å². The van der Waals surface area contributed by atoms with E-state index in [-0.39, 0.29) is 25.7 Å². The number of hydrogen-bond donors (Lipinski definition) is 0. The molecule has 0 saturated heterocycles. The zero-order chi connectivity index (χ0) is 24.1. The molecule has 0 amide bonds. The molecule has 0 N–H and O–H groups in total. The third kappa shape index (κ3) is 7.94. The van der Waals surface area contributed by atoms with Gasteiger partial charge in [-0.1, -0.05) is 92.0 Å². The summed E-state index contributed by atoms with van der Waals surface area (Å²) in [5.74, 6) is 0. The summed E-state index contributed by atoms with van der Waals surface area (Å²) in [7, 11) is 1.86. The van der Waals surface area contributed by atoms with Crippen LogP contribution in [0.4, 0.5) is 0 Å². The van der Waals surface area contributed by atoms with Gasteiger partial charge in [-0.05, 0) is 28.4 Å². The topological polar surface area (TPSA) is 0 Å². The first-order valence-electron chi connectivity index (χ1n) is 11.9. The van der Waals surface area contributed by atoms with Crippen molar-refractivity contribution in [1.82, 2.24) is 0 Å². The second kappa shape index (κ2) is 13.8. The van der Waals surface area contributed by atoms with Gasteiger partial charge in [0.1, 0.15) is 0 Å². The summed E-state index contributed by atoms with van der Waals surface area (Å²) >= 11 is 2.03. The van der Waals surface area contributed by atoms with Crippen LogP contribution in [0.15, 0.2) is 47.6 Å².